The van der Waals surface area contributed by atoms with Crippen molar-refractivity contribution in [2.75, 3.05) is 7.11 Å². The maximum absolute atomic E-state index is 5.23. The zero-order valence-electron chi connectivity index (χ0n) is 15.8. The Kier molecular flexibility index (Phi) is 3.90. The van der Waals surface area contributed by atoms with E-state index in [-0.39, 0.29) is 0 Å². The molecule has 3 heterocycles. The number of methoxy groups -OCH3 is 1. The molecule has 0 spiro atoms. The number of fused-ring (bicyclic) bond motifs is 3. The molecule has 0 unspecified atom stereocenters. The lowest BCUT2D eigenvalue weighted by molar-refractivity contribution is 0.415. The SMILES string of the molecule is COc1ccc(-c2nc3c4c(C)c(C)n(CC(C)C)c4ncn3n2)cc1. The van der Waals surface area contributed by atoms with Crippen LogP contribution in [0.2, 0.25) is 0 Å². The predicted octanol–water partition coefficient (Wildman–Crippen LogP) is 4.03. The van der Waals surface area contributed by atoms with Gasteiger partial charge in [-0.15, -0.1) is 5.10 Å². The van der Waals surface area contributed by atoms with Crippen LogP contribution in [-0.4, -0.2) is 31.3 Å². The summed E-state index contributed by atoms with van der Waals surface area (Å²) in [6, 6.07) is 7.79. The molecule has 0 atom stereocenters. The van der Waals surface area contributed by atoms with Crippen LogP contribution in [0, 0.1) is 19.8 Å². The van der Waals surface area contributed by atoms with Crippen LogP contribution < -0.4 is 4.74 Å². The van der Waals surface area contributed by atoms with Crippen molar-refractivity contribution in [1.29, 1.82) is 0 Å². The van der Waals surface area contributed by atoms with E-state index in [4.69, 9.17) is 9.72 Å². The first-order valence-corrected chi connectivity index (χ1v) is 8.84. The number of hydrogen-bond acceptors (Lipinski definition) is 4. The van der Waals surface area contributed by atoms with Crippen LogP contribution in [0.3, 0.4) is 0 Å². The molecule has 6 nitrogen and oxygen atoms in total. The number of ether oxygens (including phenoxy) is 1. The van der Waals surface area contributed by atoms with Gasteiger partial charge in [0.1, 0.15) is 17.7 Å². The number of aromatic nitrogens is 5. The second-order valence-electron chi connectivity index (χ2n) is 7.09. The maximum Gasteiger partial charge on any atom is 0.182 e. The molecule has 0 aliphatic rings. The molecule has 6 heteroatoms. The molecule has 26 heavy (non-hydrogen) atoms. The second-order valence-corrected chi connectivity index (χ2v) is 7.09. The molecule has 0 bridgehead atoms. The van der Waals surface area contributed by atoms with Crippen LogP contribution in [0.5, 0.6) is 5.75 Å². The van der Waals surface area contributed by atoms with Gasteiger partial charge in [-0.1, -0.05) is 13.8 Å². The highest BCUT2D eigenvalue weighted by molar-refractivity contribution is 5.94. The van der Waals surface area contributed by atoms with Crippen molar-refractivity contribution in [3.63, 3.8) is 0 Å². The van der Waals surface area contributed by atoms with Crippen molar-refractivity contribution in [2.45, 2.75) is 34.2 Å². The Balaban J connectivity index is 1.91. The highest BCUT2D eigenvalue weighted by atomic mass is 16.5. The summed E-state index contributed by atoms with van der Waals surface area (Å²) in [6.45, 7) is 9.67. The molecule has 0 fully saturated rings. The molecule has 0 aliphatic carbocycles. The van der Waals surface area contributed by atoms with Crippen LogP contribution in [-0.2, 0) is 6.54 Å². The summed E-state index contributed by atoms with van der Waals surface area (Å²) < 4.78 is 9.29. The zero-order chi connectivity index (χ0) is 18.4. The molecule has 0 radical (unpaired) electrons. The third-order valence-electron chi connectivity index (χ3n) is 4.84. The van der Waals surface area contributed by atoms with Gasteiger partial charge in [-0.2, -0.15) is 0 Å². The van der Waals surface area contributed by atoms with E-state index in [1.54, 1.807) is 18.0 Å². The number of aryl methyl sites for hydroxylation is 1. The number of hydrogen-bond donors (Lipinski definition) is 0. The van der Waals surface area contributed by atoms with Gasteiger partial charge in [0, 0.05) is 17.8 Å². The lowest BCUT2D eigenvalue weighted by atomic mass is 10.2. The first-order chi connectivity index (χ1) is 12.5. The van der Waals surface area contributed by atoms with E-state index in [0.717, 1.165) is 34.5 Å². The molecule has 0 saturated carbocycles. The van der Waals surface area contributed by atoms with E-state index in [9.17, 15) is 0 Å². The first-order valence-electron chi connectivity index (χ1n) is 8.84. The Hall–Kier alpha value is -2.89. The highest BCUT2D eigenvalue weighted by Crippen LogP contribution is 2.29. The maximum atomic E-state index is 5.23. The van der Waals surface area contributed by atoms with E-state index in [1.165, 1.54) is 11.3 Å². The summed E-state index contributed by atoms with van der Waals surface area (Å²) in [5, 5.41) is 5.70. The van der Waals surface area contributed by atoms with Crippen molar-refractivity contribution in [3.8, 4) is 17.1 Å². The van der Waals surface area contributed by atoms with Crippen LogP contribution in [0.4, 0.5) is 0 Å². The molecular formula is C20H23N5O. The van der Waals surface area contributed by atoms with Crippen LogP contribution in [0.15, 0.2) is 30.6 Å². The van der Waals surface area contributed by atoms with Gasteiger partial charge in [0.15, 0.2) is 11.5 Å². The van der Waals surface area contributed by atoms with Gasteiger partial charge in [0.05, 0.1) is 12.5 Å². The van der Waals surface area contributed by atoms with E-state index in [2.05, 4.69) is 42.3 Å². The molecule has 0 N–H and O–H groups in total. The monoisotopic (exact) mass is 349 g/mol. The van der Waals surface area contributed by atoms with Crippen molar-refractivity contribution in [3.05, 3.63) is 41.9 Å². The minimum atomic E-state index is 0.550. The normalized spacial score (nSPS) is 11.8. The van der Waals surface area contributed by atoms with Crippen LogP contribution >= 0.6 is 0 Å². The molecule has 4 rings (SSSR count). The molecule has 134 valence electrons. The van der Waals surface area contributed by atoms with E-state index >= 15 is 0 Å². The van der Waals surface area contributed by atoms with Gasteiger partial charge in [-0.25, -0.2) is 14.5 Å². The number of rotatable bonds is 4. The van der Waals surface area contributed by atoms with Gasteiger partial charge in [-0.3, -0.25) is 0 Å². The minimum Gasteiger partial charge on any atom is -0.497 e. The average molecular weight is 349 g/mol. The third kappa shape index (κ3) is 2.53. The average Bonchev–Trinajstić information content (AvgIpc) is 3.17. The number of nitrogens with zero attached hydrogens (tertiary/aromatic N) is 5. The number of benzene rings is 1. The molecular weight excluding hydrogens is 326 g/mol. The Morgan fingerprint density at radius 1 is 1.08 bits per heavy atom. The summed E-state index contributed by atoms with van der Waals surface area (Å²) in [4.78, 5) is 9.50. The second kappa shape index (κ2) is 6.12. The molecule has 0 aliphatic heterocycles. The third-order valence-corrected chi connectivity index (χ3v) is 4.84. The van der Waals surface area contributed by atoms with Gasteiger partial charge in [0.2, 0.25) is 0 Å². The Morgan fingerprint density at radius 2 is 1.81 bits per heavy atom. The van der Waals surface area contributed by atoms with E-state index in [1.807, 2.05) is 24.3 Å². The van der Waals surface area contributed by atoms with Gasteiger partial charge >= 0.3 is 0 Å². The molecule has 1 aromatic carbocycles. The van der Waals surface area contributed by atoms with Gasteiger partial charge < -0.3 is 9.30 Å². The fraction of sp³-hybridized carbons (Fsp3) is 0.350. The quantitative estimate of drug-likeness (QED) is 0.558. The van der Waals surface area contributed by atoms with E-state index < -0.39 is 0 Å². The largest absolute Gasteiger partial charge is 0.497 e. The summed E-state index contributed by atoms with van der Waals surface area (Å²) in [6.07, 6.45) is 1.76. The van der Waals surface area contributed by atoms with Gasteiger partial charge in [0.25, 0.3) is 0 Å². The first kappa shape index (κ1) is 16.6. The molecule has 0 saturated heterocycles. The van der Waals surface area contributed by atoms with Crippen molar-refractivity contribution < 1.29 is 4.74 Å². The van der Waals surface area contributed by atoms with Crippen LogP contribution in [0.25, 0.3) is 28.1 Å². The fourth-order valence-electron chi connectivity index (χ4n) is 3.38. The van der Waals surface area contributed by atoms with Crippen molar-refractivity contribution in [2.24, 2.45) is 5.92 Å². The van der Waals surface area contributed by atoms with Crippen LogP contribution in [0.1, 0.15) is 25.1 Å². The van der Waals surface area contributed by atoms with Crippen molar-refractivity contribution >= 4 is 16.7 Å². The fourth-order valence-corrected chi connectivity index (χ4v) is 3.38. The standard InChI is InChI=1S/C20H23N5O/c1-12(2)10-24-14(4)13(3)17-19(24)21-11-25-20(17)22-18(23-25)15-6-8-16(26-5)9-7-15/h6-9,11-12H,10H2,1-5H3. The lowest BCUT2D eigenvalue weighted by Gasteiger charge is -2.10. The smallest absolute Gasteiger partial charge is 0.182 e. The summed E-state index contributed by atoms with van der Waals surface area (Å²) in [5.74, 6) is 2.06. The molecule has 4 aromatic rings. The van der Waals surface area contributed by atoms with Gasteiger partial charge in [-0.05, 0) is 49.6 Å². The topological polar surface area (TPSA) is 57.2 Å². The van der Waals surface area contributed by atoms with Crippen molar-refractivity contribution in [1.82, 2.24) is 24.1 Å². The Bertz CT molecular complexity index is 1090. The Morgan fingerprint density at radius 3 is 2.46 bits per heavy atom. The molecule has 0 amide bonds. The summed E-state index contributed by atoms with van der Waals surface area (Å²) >= 11 is 0. The van der Waals surface area contributed by atoms with E-state index in [0.29, 0.717) is 11.7 Å². The minimum absolute atomic E-state index is 0.550. The Labute approximate surface area is 152 Å². The lowest BCUT2D eigenvalue weighted by Crippen LogP contribution is -2.07. The zero-order valence-corrected chi connectivity index (χ0v) is 15.8. The predicted molar refractivity (Wildman–Crippen MR) is 103 cm³/mol. The molecule has 3 aromatic heterocycles. The summed E-state index contributed by atoms with van der Waals surface area (Å²) in [7, 11) is 1.66. The highest BCUT2D eigenvalue weighted by Gasteiger charge is 2.18. The summed E-state index contributed by atoms with van der Waals surface area (Å²) in [5.41, 5.74) is 5.24.